The van der Waals surface area contributed by atoms with Crippen molar-refractivity contribution >= 4 is 16.9 Å². The minimum Gasteiger partial charge on any atom is -0.465 e. The molecule has 0 aliphatic rings. The zero-order valence-electron chi connectivity index (χ0n) is 14.4. The highest BCUT2D eigenvalue weighted by Gasteiger charge is 2.16. The van der Waals surface area contributed by atoms with E-state index < -0.39 is 5.97 Å². The first-order chi connectivity index (χ1) is 12.7. The molecule has 0 saturated heterocycles. The van der Waals surface area contributed by atoms with E-state index in [1.165, 1.54) is 7.11 Å². The summed E-state index contributed by atoms with van der Waals surface area (Å²) in [6.45, 7) is 0. The Balaban J connectivity index is 1.96. The Morgan fingerprint density at radius 3 is 2.65 bits per heavy atom. The van der Waals surface area contributed by atoms with Crippen molar-refractivity contribution in [3.05, 3.63) is 66.9 Å². The molecule has 0 fully saturated rings. The van der Waals surface area contributed by atoms with Crippen molar-refractivity contribution in [3.8, 4) is 22.5 Å². The first kappa shape index (κ1) is 16.0. The zero-order valence-corrected chi connectivity index (χ0v) is 14.4. The SMILES string of the molecule is COC(=O)c1cc(-c2cncn2C)nc2ccc(-c3cccnc3)cc12. The molecule has 0 amide bonds. The largest absolute Gasteiger partial charge is 0.465 e. The van der Waals surface area contributed by atoms with E-state index in [9.17, 15) is 4.79 Å². The topological polar surface area (TPSA) is 69.9 Å². The number of imidazole rings is 1. The van der Waals surface area contributed by atoms with Crippen LogP contribution in [0.15, 0.2) is 61.3 Å². The fraction of sp³-hybridized carbons (Fsp3) is 0.100. The van der Waals surface area contributed by atoms with Crippen LogP contribution in [-0.4, -0.2) is 32.6 Å². The summed E-state index contributed by atoms with van der Waals surface area (Å²) in [5.74, 6) is -0.399. The second-order valence-corrected chi connectivity index (χ2v) is 5.91. The number of nitrogens with zero attached hydrogens (tertiary/aromatic N) is 4. The van der Waals surface area contributed by atoms with Gasteiger partial charge in [0.1, 0.15) is 0 Å². The Hall–Kier alpha value is -3.54. The van der Waals surface area contributed by atoms with Gasteiger partial charge in [-0.2, -0.15) is 0 Å². The van der Waals surface area contributed by atoms with Crippen molar-refractivity contribution in [1.82, 2.24) is 19.5 Å². The summed E-state index contributed by atoms with van der Waals surface area (Å²) >= 11 is 0. The smallest absolute Gasteiger partial charge is 0.338 e. The van der Waals surface area contributed by atoms with Gasteiger partial charge in [0.05, 0.1) is 42.1 Å². The fourth-order valence-electron chi connectivity index (χ4n) is 2.95. The molecule has 0 N–H and O–H groups in total. The summed E-state index contributed by atoms with van der Waals surface area (Å²) in [7, 11) is 3.26. The molecule has 3 aromatic heterocycles. The monoisotopic (exact) mass is 344 g/mol. The number of fused-ring (bicyclic) bond motifs is 1. The summed E-state index contributed by atoms with van der Waals surface area (Å²) in [5, 5.41) is 0.740. The molecule has 4 aromatic rings. The maximum Gasteiger partial charge on any atom is 0.338 e. The fourth-order valence-corrected chi connectivity index (χ4v) is 2.95. The number of aromatic nitrogens is 4. The molecule has 3 heterocycles. The average molecular weight is 344 g/mol. The van der Waals surface area contributed by atoms with E-state index in [4.69, 9.17) is 9.72 Å². The van der Waals surface area contributed by atoms with Crippen LogP contribution < -0.4 is 0 Å². The molecule has 0 unspecified atom stereocenters. The van der Waals surface area contributed by atoms with Gasteiger partial charge in [0, 0.05) is 30.4 Å². The number of benzene rings is 1. The molecule has 6 nitrogen and oxygen atoms in total. The summed E-state index contributed by atoms with van der Waals surface area (Å²) in [6, 6.07) is 11.4. The number of pyridine rings is 2. The second kappa shape index (κ2) is 6.40. The Labute approximate surface area is 150 Å². The molecular weight excluding hydrogens is 328 g/mol. The van der Waals surface area contributed by atoms with Gasteiger partial charge in [-0.15, -0.1) is 0 Å². The number of carbonyl (C=O) groups excluding carboxylic acids is 1. The lowest BCUT2D eigenvalue weighted by Crippen LogP contribution is -2.05. The van der Waals surface area contributed by atoms with Crippen molar-refractivity contribution in [2.24, 2.45) is 7.05 Å². The summed E-state index contributed by atoms with van der Waals surface area (Å²) in [4.78, 5) is 25.4. The molecule has 4 rings (SSSR count). The summed E-state index contributed by atoms with van der Waals surface area (Å²) < 4.78 is 6.85. The Bertz CT molecular complexity index is 1100. The molecule has 0 atom stereocenters. The third-order valence-electron chi connectivity index (χ3n) is 4.29. The highest BCUT2D eigenvalue weighted by atomic mass is 16.5. The first-order valence-corrected chi connectivity index (χ1v) is 8.07. The van der Waals surface area contributed by atoms with Gasteiger partial charge in [0.2, 0.25) is 0 Å². The number of hydrogen-bond donors (Lipinski definition) is 0. The van der Waals surface area contributed by atoms with Gasteiger partial charge in [0.15, 0.2) is 0 Å². The highest BCUT2D eigenvalue weighted by molar-refractivity contribution is 6.05. The standard InChI is InChI=1S/C20H16N4O2/c1-24-12-22-11-19(24)18-9-16(20(25)26-2)15-8-13(5-6-17(15)23-18)14-4-3-7-21-10-14/h3-12H,1-2H3. The van der Waals surface area contributed by atoms with Crippen molar-refractivity contribution in [2.75, 3.05) is 7.11 Å². The lowest BCUT2D eigenvalue weighted by Gasteiger charge is -2.10. The maximum absolute atomic E-state index is 12.4. The van der Waals surface area contributed by atoms with E-state index in [1.54, 1.807) is 31.0 Å². The third kappa shape index (κ3) is 2.71. The second-order valence-electron chi connectivity index (χ2n) is 5.91. The van der Waals surface area contributed by atoms with Crippen molar-refractivity contribution in [1.29, 1.82) is 0 Å². The normalized spacial score (nSPS) is 10.8. The van der Waals surface area contributed by atoms with E-state index >= 15 is 0 Å². The van der Waals surface area contributed by atoms with Crippen LogP contribution in [0.25, 0.3) is 33.4 Å². The van der Waals surface area contributed by atoms with Crippen molar-refractivity contribution in [3.63, 3.8) is 0 Å². The Morgan fingerprint density at radius 1 is 1.08 bits per heavy atom. The molecule has 26 heavy (non-hydrogen) atoms. The van der Waals surface area contributed by atoms with Gasteiger partial charge in [0.25, 0.3) is 0 Å². The van der Waals surface area contributed by atoms with Crippen LogP contribution in [0.1, 0.15) is 10.4 Å². The van der Waals surface area contributed by atoms with E-state index in [0.717, 1.165) is 27.7 Å². The molecule has 128 valence electrons. The van der Waals surface area contributed by atoms with Gasteiger partial charge in [-0.1, -0.05) is 12.1 Å². The molecule has 0 saturated carbocycles. The van der Waals surface area contributed by atoms with E-state index in [0.29, 0.717) is 11.3 Å². The van der Waals surface area contributed by atoms with Crippen LogP contribution in [0.4, 0.5) is 0 Å². The van der Waals surface area contributed by atoms with Gasteiger partial charge in [-0.25, -0.2) is 14.8 Å². The van der Waals surface area contributed by atoms with Crippen molar-refractivity contribution in [2.45, 2.75) is 0 Å². The molecule has 0 aliphatic heterocycles. The molecule has 0 bridgehead atoms. The zero-order chi connectivity index (χ0) is 18.1. The number of aryl methyl sites for hydroxylation is 1. The van der Waals surface area contributed by atoms with Gasteiger partial charge in [-0.05, 0) is 29.8 Å². The van der Waals surface area contributed by atoms with E-state index in [-0.39, 0.29) is 0 Å². The molecule has 0 spiro atoms. The number of rotatable bonds is 3. The predicted octanol–water partition coefficient (Wildman–Crippen LogP) is 3.48. The lowest BCUT2D eigenvalue weighted by atomic mass is 10.0. The Kier molecular flexibility index (Phi) is 3.93. The highest BCUT2D eigenvalue weighted by Crippen LogP contribution is 2.29. The first-order valence-electron chi connectivity index (χ1n) is 8.07. The number of methoxy groups -OCH3 is 1. The van der Waals surface area contributed by atoms with E-state index in [1.807, 2.05) is 41.9 Å². The number of ether oxygens (including phenoxy) is 1. The van der Waals surface area contributed by atoms with Crippen LogP contribution in [0.5, 0.6) is 0 Å². The minimum atomic E-state index is -0.399. The maximum atomic E-state index is 12.4. The third-order valence-corrected chi connectivity index (χ3v) is 4.29. The summed E-state index contributed by atoms with van der Waals surface area (Å²) in [6.07, 6.45) is 6.94. The van der Waals surface area contributed by atoms with Crippen LogP contribution in [0.3, 0.4) is 0 Å². The average Bonchev–Trinajstić information content (AvgIpc) is 3.12. The Morgan fingerprint density at radius 2 is 1.96 bits per heavy atom. The molecule has 1 aromatic carbocycles. The molecule has 6 heteroatoms. The lowest BCUT2D eigenvalue weighted by molar-refractivity contribution is 0.0603. The quantitative estimate of drug-likeness (QED) is 0.532. The molecule has 0 aliphatic carbocycles. The molecular formula is C20H16N4O2. The van der Waals surface area contributed by atoms with Gasteiger partial charge < -0.3 is 9.30 Å². The van der Waals surface area contributed by atoms with Gasteiger partial charge >= 0.3 is 5.97 Å². The van der Waals surface area contributed by atoms with Crippen LogP contribution in [0, 0.1) is 0 Å². The predicted molar refractivity (Wildman–Crippen MR) is 98.5 cm³/mol. The van der Waals surface area contributed by atoms with Crippen LogP contribution in [-0.2, 0) is 11.8 Å². The van der Waals surface area contributed by atoms with Crippen LogP contribution >= 0.6 is 0 Å². The number of carbonyl (C=O) groups is 1. The summed E-state index contributed by atoms with van der Waals surface area (Å²) in [5.41, 5.74) is 4.63. The van der Waals surface area contributed by atoms with E-state index in [2.05, 4.69) is 9.97 Å². The number of hydrogen-bond acceptors (Lipinski definition) is 5. The van der Waals surface area contributed by atoms with Gasteiger partial charge in [-0.3, -0.25) is 4.98 Å². The minimum absolute atomic E-state index is 0.399. The number of esters is 1. The van der Waals surface area contributed by atoms with Crippen LogP contribution in [0.2, 0.25) is 0 Å². The van der Waals surface area contributed by atoms with Crippen molar-refractivity contribution < 1.29 is 9.53 Å². The molecule has 0 radical (unpaired) electrons.